The molecule has 98 valence electrons. The van der Waals surface area contributed by atoms with Crippen molar-refractivity contribution < 1.29 is 4.79 Å². The van der Waals surface area contributed by atoms with Crippen LogP contribution < -0.4 is 10.6 Å². The summed E-state index contributed by atoms with van der Waals surface area (Å²) in [5.41, 5.74) is 2.22. The van der Waals surface area contributed by atoms with Gasteiger partial charge in [-0.05, 0) is 38.3 Å². The van der Waals surface area contributed by atoms with Crippen LogP contribution in [0.4, 0.5) is 5.69 Å². The number of fused-ring (bicyclic) bond motifs is 1. The van der Waals surface area contributed by atoms with Crippen molar-refractivity contribution in [2.75, 3.05) is 5.32 Å². The summed E-state index contributed by atoms with van der Waals surface area (Å²) in [7, 11) is 0. The molecule has 0 saturated heterocycles. The van der Waals surface area contributed by atoms with Gasteiger partial charge in [0.15, 0.2) is 0 Å². The van der Waals surface area contributed by atoms with Crippen LogP contribution in [0.1, 0.15) is 45.1 Å². The van der Waals surface area contributed by atoms with Gasteiger partial charge in [-0.25, -0.2) is 0 Å². The van der Waals surface area contributed by atoms with Crippen LogP contribution in [-0.4, -0.2) is 18.0 Å². The molecule has 2 rings (SSSR count). The average Bonchev–Trinajstić information content (AvgIpc) is 2.37. The van der Waals surface area contributed by atoms with Crippen LogP contribution >= 0.6 is 0 Å². The number of para-hydroxylation sites is 1. The first-order chi connectivity index (χ1) is 8.61. The Morgan fingerprint density at radius 1 is 1.50 bits per heavy atom. The number of hydrogen-bond donors (Lipinski definition) is 2. The molecule has 2 N–H and O–H groups in total. The quantitative estimate of drug-likeness (QED) is 0.861. The second-order valence-electron chi connectivity index (χ2n) is 5.24. The molecule has 1 aliphatic heterocycles. The van der Waals surface area contributed by atoms with Gasteiger partial charge >= 0.3 is 0 Å². The minimum absolute atomic E-state index is 0.0218. The summed E-state index contributed by atoms with van der Waals surface area (Å²) in [6.45, 7) is 6.26. The lowest BCUT2D eigenvalue weighted by atomic mass is 9.86. The Kier molecular flexibility index (Phi) is 3.90. The Bertz CT molecular complexity index is 430. The maximum absolute atomic E-state index is 12.3. The summed E-state index contributed by atoms with van der Waals surface area (Å²) in [5.74, 6) is 0.136. The van der Waals surface area contributed by atoms with E-state index in [-0.39, 0.29) is 17.9 Å². The zero-order valence-electron chi connectivity index (χ0n) is 11.4. The molecule has 0 bridgehead atoms. The number of carbonyl (C=O) groups is 1. The molecule has 3 heteroatoms. The van der Waals surface area contributed by atoms with Gasteiger partial charge in [-0.2, -0.15) is 0 Å². The zero-order chi connectivity index (χ0) is 13.1. The second kappa shape index (κ2) is 5.42. The highest BCUT2D eigenvalue weighted by atomic mass is 16.1. The topological polar surface area (TPSA) is 41.1 Å². The Balaban J connectivity index is 2.20. The summed E-state index contributed by atoms with van der Waals surface area (Å²) >= 11 is 0. The summed E-state index contributed by atoms with van der Waals surface area (Å²) in [6, 6.07) is 8.69. The maximum atomic E-state index is 12.3. The lowest BCUT2D eigenvalue weighted by Crippen LogP contribution is -2.39. The van der Waals surface area contributed by atoms with E-state index in [1.807, 2.05) is 19.1 Å². The average molecular weight is 246 g/mol. The van der Waals surface area contributed by atoms with Crippen molar-refractivity contribution in [1.29, 1.82) is 0 Å². The minimum atomic E-state index is -0.0218. The van der Waals surface area contributed by atoms with Gasteiger partial charge in [0, 0.05) is 17.8 Å². The van der Waals surface area contributed by atoms with E-state index in [4.69, 9.17) is 0 Å². The highest BCUT2D eigenvalue weighted by Crippen LogP contribution is 2.34. The molecule has 3 atom stereocenters. The van der Waals surface area contributed by atoms with Gasteiger partial charge in [0.25, 0.3) is 0 Å². The molecule has 0 fully saturated rings. The van der Waals surface area contributed by atoms with Crippen molar-refractivity contribution in [3.05, 3.63) is 29.8 Å². The third kappa shape index (κ3) is 2.66. The molecule has 1 aliphatic rings. The van der Waals surface area contributed by atoms with Gasteiger partial charge in [0.2, 0.25) is 5.91 Å². The minimum Gasteiger partial charge on any atom is -0.382 e. The van der Waals surface area contributed by atoms with Crippen LogP contribution in [0.2, 0.25) is 0 Å². The monoisotopic (exact) mass is 246 g/mol. The number of amides is 1. The van der Waals surface area contributed by atoms with Gasteiger partial charge in [0.1, 0.15) is 0 Å². The van der Waals surface area contributed by atoms with E-state index in [2.05, 4.69) is 36.6 Å². The summed E-state index contributed by atoms with van der Waals surface area (Å²) in [4.78, 5) is 12.3. The Hall–Kier alpha value is -1.51. The molecule has 0 spiro atoms. The Morgan fingerprint density at radius 2 is 2.22 bits per heavy atom. The number of anilines is 1. The molecule has 1 aromatic carbocycles. The third-order valence-electron chi connectivity index (χ3n) is 3.64. The largest absolute Gasteiger partial charge is 0.382 e. The SMILES string of the molecule is CC[C@H](C)NC(=O)[C@@H]1C[C@H](C)Nc2ccccc21. The summed E-state index contributed by atoms with van der Waals surface area (Å²) in [6.07, 6.45) is 1.83. The maximum Gasteiger partial charge on any atom is 0.227 e. The van der Waals surface area contributed by atoms with Crippen LogP contribution in [0.25, 0.3) is 0 Å². The van der Waals surface area contributed by atoms with E-state index in [1.54, 1.807) is 0 Å². The van der Waals surface area contributed by atoms with Gasteiger partial charge < -0.3 is 10.6 Å². The van der Waals surface area contributed by atoms with Crippen molar-refractivity contribution >= 4 is 11.6 Å². The fraction of sp³-hybridized carbons (Fsp3) is 0.533. The highest BCUT2D eigenvalue weighted by Gasteiger charge is 2.29. The Labute approximate surface area is 109 Å². The number of benzene rings is 1. The standard InChI is InChI=1S/C15H22N2O/c1-4-10(2)17-15(18)13-9-11(3)16-14-8-6-5-7-12(13)14/h5-8,10-11,13,16H,4,9H2,1-3H3,(H,17,18)/t10-,11-,13+/m0/s1. The predicted molar refractivity (Wildman–Crippen MR) is 74.8 cm³/mol. The molecule has 0 unspecified atom stereocenters. The zero-order valence-corrected chi connectivity index (χ0v) is 11.4. The first-order valence-electron chi connectivity index (χ1n) is 6.77. The first-order valence-corrected chi connectivity index (χ1v) is 6.77. The number of nitrogens with one attached hydrogen (secondary N) is 2. The van der Waals surface area contributed by atoms with Gasteiger partial charge in [-0.3, -0.25) is 4.79 Å². The van der Waals surface area contributed by atoms with Crippen molar-refractivity contribution in [2.24, 2.45) is 0 Å². The molecular weight excluding hydrogens is 224 g/mol. The van der Waals surface area contributed by atoms with Crippen molar-refractivity contribution in [1.82, 2.24) is 5.32 Å². The van der Waals surface area contributed by atoms with Crippen LogP contribution in [0.15, 0.2) is 24.3 Å². The van der Waals surface area contributed by atoms with Crippen LogP contribution in [0, 0.1) is 0 Å². The van der Waals surface area contributed by atoms with E-state index in [0.29, 0.717) is 6.04 Å². The second-order valence-corrected chi connectivity index (χ2v) is 5.24. The molecule has 0 aromatic heterocycles. The molecule has 0 radical (unpaired) electrons. The van der Waals surface area contributed by atoms with Crippen LogP contribution in [-0.2, 0) is 4.79 Å². The molecule has 1 heterocycles. The highest BCUT2D eigenvalue weighted by molar-refractivity contribution is 5.86. The lowest BCUT2D eigenvalue weighted by molar-refractivity contribution is -0.123. The van der Waals surface area contributed by atoms with Gasteiger partial charge in [-0.15, -0.1) is 0 Å². The number of rotatable bonds is 3. The Morgan fingerprint density at radius 3 is 2.94 bits per heavy atom. The van der Waals surface area contributed by atoms with Crippen LogP contribution in [0.3, 0.4) is 0 Å². The van der Waals surface area contributed by atoms with Gasteiger partial charge in [0.05, 0.1) is 5.92 Å². The molecule has 1 amide bonds. The van der Waals surface area contributed by atoms with E-state index in [9.17, 15) is 4.79 Å². The first kappa shape index (κ1) is 12.9. The normalized spacial score (nSPS) is 23.7. The summed E-state index contributed by atoms with van der Waals surface area (Å²) < 4.78 is 0. The number of carbonyl (C=O) groups excluding carboxylic acids is 1. The summed E-state index contributed by atoms with van der Waals surface area (Å²) in [5, 5.41) is 6.53. The van der Waals surface area contributed by atoms with Crippen molar-refractivity contribution in [2.45, 2.75) is 51.6 Å². The molecule has 1 aromatic rings. The molecule has 0 aliphatic carbocycles. The van der Waals surface area contributed by atoms with E-state index < -0.39 is 0 Å². The third-order valence-corrected chi connectivity index (χ3v) is 3.64. The fourth-order valence-electron chi connectivity index (χ4n) is 2.43. The molecular formula is C15H22N2O. The van der Waals surface area contributed by atoms with E-state index >= 15 is 0 Å². The molecule has 0 saturated carbocycles. The fourth-order valence-corrected chi connectivity index (χ4v) is 2.43. The van der Waals surface area contributed by atoms with Crippen molar-refractivity contribution in [3.63, 3.8) is 0 Å². The lowest BCUT2D eigenvalue weighted by Gasteiger charge is -2.31. The van der Waals surface area contributed by atoms with E-state index in [0.717, 1.165) is 24.1 Å². The van der Waals surface area contributed by atoms with E-state index in [1.165, 1.54) is 0 Å². The van der Waals surface area contributed by atoms with Gasteiger partial charge in [-0.1, -0.05) is 25.1 Å². The smallest absolute Gasteiger partial charge is 0.227 e. The molecule has 18 heavy (non-hydrogen) atoms. The van der Waals surface area contributed by atoms with Crippen molar-refractivity contribution in [3.8, 4) is 0 Å². The molecule has 3 nitrogen and oxygen atoms in total. The number of hydrogen-bond acceptors (Lipinski definition) is 2. The predicted octanol–water partition coefficient (Wildman–Crippen LogP) is 2.89. The van der Waals surface area contributed by atoms with Crippen LogP contribution in [0.5, 0.6) is 0 Å².